The lowest BCUT2D eigenvalue weighted by molar-refractivity contribution is -0.0301. The van der Waals surface area contributed by atoms with Gasteiger partial charge in [-0.2, -0.15) is 0 Å². The fourth-order valence-electron chi connectivity index (χ4n) is 3.20. The first-order valence-corrected chi connectivity index (χ1v) is 6.98. The second-order valence-electron chi connectivity index (χ2n) is 6.16. The Morgan fingerprint density at radius 1 is 1.47 bits per heavy atom. The predicted molar refractivity (Wildman–Crippen MR) is 76.8 cm³/mol. The van der Waals surface area contributed by atoms with Crippen LogP contribution in [0.1, 0.15) is 25.8 Å². The van der Waals surface area contributed by atoms with Gasteiger partial charge < -0.3 is 10.0 Å². The molecule has 4 heteroatoms. The van der Waals surface area contributed by atoms with Crippen molar-refractivity contribution in [2.75, 3.05) is 26.7 Å². The largest absolute Gasteiger partial charge is 0.396 e. The molecule has 0 amide bonds. The number of piperazine rings is 1. The van der Waals surface area contributed by atoms with Crippen LogP contribution in [-0.4, -0.2) is 58.2 Å². The first-order chi connectivity index (χ1) is 9.03. The number of hydrogen-bond donors (Lipinski definition) is 1. The van der Waals surface area contributed by atoms with Gasteiger partial charge in [0.05, 0.1) is 0 Å². The van der Waals surface area contributed by atoms with Gasteiger partial charge in [-0.15, -0.1) is 0 Å². The molecule has 1 saturated heterocycles. The Bertz CT molecular complexity index is 394. The Kier molecular flexibility index (Phi) is 4.55. The maximum Gasteiger partial charge on any atom is 0.0446 e. The number of likely N-dealkylation sites (N-methyl/N-ethyl adjacent to an activating group) is 1. The standard InChI is InChI=1S/C15H25N3O/c1-15(2)12-17(3)11-14(6-8-19)18(15)10-13-5-4-7-16-9-13/h4-5,7,9,14,19H,6,8,10-12H2,1-3H3. The molecule has 0 spiro atoms. The molecular weight excluding hydrogens is 238 g/mol. The highest BCUT2D eigenvalue weighted by Gasteiger charge is 2.38. The van der Waals surface area contributed by atoms with E-state index >= 15 is 0 Å². The highest BCUT2D eigenvalue weighted by molar-refractivity contribution is 5.10. The number of aliphatic hydroxyl groups excluding tert-OH is 1. The maximum absolute atomic E-state index is 9.30. The zero-order valence-corrected chi connectivity index (χ0v) is 12.2. The van der Waals surface area contributed by atoms with Crippen molar-refractivity contribution in [3.63, 3.8) is 0 Å². The number of nitrogens with zero attached hydrogens (tertiary/aromatic N) is 3. The summed E-state index contributed by atoms with van der Waals surface area (Å²) in [5.41, 5.74) is 1.35. The first-order valence-electron chi connectivity index (χ1n) is 6.98. The van der Waals surface area contributed by atoms with Gasteiger partial charge in [0.15, 0.2) is 0 Å². The monoisotopic (exact) mass is 263 g/mol. The minimum atomic E-state index is 0.114. The molecule has 0 radical (unpaired) electrons. The third-order valence-corrected chi connectivity index (χ3v) is 3.94. The lowest BCUT2D eigenvalue weighted by Crippen LogP contribution is -2.62. The fourth-order valence-corrected chi connectivity index (χ4v) is 3.20. The quantitative estimate of drug-likeness (QED) is 0.890. The molecule has 19 heavy (non-hydrogen) atoms. The van der Waals surface area contributed by atoms with Gasteiger partial charge >= 0.3 is 0 Å². The second kappa shape index (κ2) is 5.99. The van der Waals surface area contributed by atoms with Gasteiger partial charge in [0.2, 0.25) is 0 Å². The smallest absolute Gasteiger partial charge is 0.0446 e. The Morgan fingerprint density at radius 2 is 2.26 bits per heavy atom. The molecule has 106 valence electrons. The van der Waals surface area contributed by atoms with E-state index in [1.807, 2.05) is 18.5 Å². The van der Waals surface area contributed by atoms with Gasteiger partial charge in [-0.3, -0.25) is 9.88 Å². The molecule has 1 N–H and O–H groups in total. The van der Waals surface area contributed by atoms with Crippen molar-refractivity contribution in [3.8, 4) is 0 Å². The highest BCUT2D eigenvalue weighted by Crippen LogP contribution is 2.27. The Morgan fingerprint density at radius 3 is 2.89 bits per heavy atom. The topological polar surface area (TPSA) is 39.6 Å². The van der Waals surface area contributed by atoms with Crippen LogP contribution < -0.4 is 0 Å². The van der Waals surface area contributed by atoms with Crippen molar-refractivity contribution in [2.24, 2.45) is 0 Å². The van der Waals surface area contributed by atoms with Gasteiger partial charge in [0.1, 0.15) is 0 Å². The fraction of sp³-hybridized carbons (Fsp3) is 0.667. The molecule has 1 fully saturated rings. The molecule has 4 nitrogen and oxygen atoms in total. The van der Waals surface area contributed by atoms with Crippen LogP contribution in [0.3, 0.4) is 0 Å². The van der Waals surface area contributed by atoms with E-state index in [0.29, 0.717) is 6.04 Å². The molecule has 1 unspecified atom stereocenters. The normalized spacial score (nSPS) is 24.5. The van der Waals surface area contributed by atoms with E-state index in [9.17, 15) is 5.11 Å². The minimum Gasteiger partial charge on any atom is -0.396 e. The van der Waals surface area contributed by atoms with E-state index in [4.69, 9.17) is 0 Å². The zero-order chi connectivity index (χ0) is 13.9. The molecule has 1 aromatic rings. The van der Waals surface area contributed by atoms with E-state index in [0.717, 1.165) is 26.1 Å². The van der Waals surface area contributed by atoms with Crippen LogP contribution in [0.5, 0.6) is 0 Å². The first kappa shape index (κ1) is 14.4. The number of aromatic nitrogens is 1. The summed E-state index contributed by atoms with van der Waals surface area (Å²) in [5.74, 6) is 0. The van der Waals surface area contributed by atoms with E-state index in [1.54, 1.807) is 0 Å². The third-order valence-electron chi connectivity index (χ3n) is 3.94. The van der Waals surface area contributed by atoms with Gasteiger partial charge in [0, 0.05) is 50.2 Å². The van der Waals surface area contributed by atoms with Crippen molar-refractivity contribution < 1.29 is 5.11 Å². The van der Waals surface area contributed by atoms with Crippen LogP contribution in [-0.2, 0) is 6.54 Å². The molecule has 1 aliphatic heterocycles. The molecule has 0 saturated carbocycles. The molecule has 2 heterocycles. The van der Waals surface area contributed by atoms with Crippen molar-refractivity contribution in [3.05, 3.63) is 30.1 Å². The molecule has 1 atom stereocenters. The number of rotatable bonds is 4. The minimum absolute atomic E-state index is 0.114. The lowest BCUT2D eigenvalue weighted by atomic mass is 9.93. The summed E-state index contributed by atoms with van der Waals surface area (Å²) in [5, 5.41) is 9.30. The van der Waals surface area contributed by atoms with Crippen LogP contribution >= 0.6 is 0 Å². The van der Waals surface area contributed by atoms with Gasteiger partial charge in [0.25, 0.3) is 0 Å². The van der Waals surface area contributed by atoms with Crippen molar-refractivity contribution >= 4 is 0 Å². The summed E-state index contributed by atoms with van der Waals surface area (Å²) >= 11 is 0. The SMILES string of the molecule is CN1CC(CCO)N(Cc2cccnc2)C(C)(C)C1. The number of hydrogen-bond acceptors (Lipinski definition) is 4. The Labute approximate surface area is 116 Å². The van der Waals surface area contributed by atoms with Crippen LogP contribution in [0.25, 0.3) is 0 Å². The van der Waals surface area contributed by atoms with Crippen molar-refractivity contribution in [1.29, 1.82) is 0 Å². The average Bonchev–Trinajstić information content (AvgIpc) is 2.34. The van der Waals surface area contributed by atoms with Crippen LogP contribution in [0.15, 0.2) is 24.5 Å². The second-order valence-corrected chi connectivity index (χ2v) is 6.16. The van der Waals surface area contributed by atoms with Crippen molar-refractivity contribution in [1.82, 2.24) is 14.8 Å². The Balaban J connectivity index is 2.17. The number of aliphatic hydroxyl groups is 1. The summed E-state index contributed by atoms with van der Waals surface area (Å²) in [6, 6.07) is 4.51. The van der Waals surface area contributed by atoms with E-state index in [1.165, 1.54) is 5.56 Å². The average molecular weight is 263 g/mol. The van der Waals surface area contributed by atoms with Gasteiger partial charge in [-0.25, -0.2) is 0 Å². The molecule has 1 aliphatic rings. The van der Waals surface area contributed by atoms with Gasteiger partial charge in [-0.1, -0.05) is 6.07 Å². The van der Waals surface area contributed by atoms with Crippen molar-refractivity contribution in [2.45, 2.75) is 38.4 Å². The van der Waals surface area contributed by atoms with E-state index in [2.05, 4.69) is 41.7 Å². The predicted octanol–water partition coefficient (Wildman–Crippen LogP) is 1.36. The molecular formula is C15H25N3O. The number of pyridine rings is 1. The van der Waals surface area contributed by atoms with E-state index < -0.39 is 0 Å². The zero-order valence-electron chi connectivity index (χ0n) is 12.2. The molecule has 0 aliphatic carbocycles. The van der Waals surface area contributed by atoms with Crippen LogP contribution in [0.2, 0.25) is 0 Å². The molecule has 0 aromatic carbocycles. The van der Waals surface area contributed by atoms with Crippen LogP contribution in [0.4, 0.5) is 0 Å². The summed E-state index contributed by atoms with van der Waals surface area (Å²) in [6.45, 7) is 7.78. The Hall–Kier alpha value is -0.970. The summed E-state index contributed by atoms with van der Waals surface area (Å²) in [7, 11) is 2.16. The third kappa shape index (κ3) is 3.53. The van der Waals surface area contributed by atoms with E-state index in [-0.39, 0.29) is 12.1 Å². The summed E-state index contributed by atoms with van der Waals surface area (Å²) in [6.07, 6.45) is 4.57. The summed E-state index contributed by atoms with van der Waals surface area (Å²) < 4.78 is 0. The maximum atomic E-state index is 9.30. The van der Waals surface area contributed by atoms with Gasteiger partial charge in [-0.05, 0) is 38.9 Å². The molecule has 0 bridgehead atoms. The lowest BCUT2D eigenvalue weighted by Gasteiger charge is -2.51. The highest BCUT2D eigenvalue weighted by atomic mass is 16.3. The molecule has 2 rings (SSSR count). The summed E-state index contributed by atoms with van der Waals surface area (Å²) in [4.78, 5) is 9.07. The van der Waals surface area contributed by atoms with Crippen LogP contribution in [0, 0.1) is 0 Å². The molecule has 1 aromatic heterocycles.